The average molecular weight is 266 g/mol. The highest BCUT2D eigenvalue weighted by atomic mass is 16.6. The summed E-state index contributed by atoms with van der Waals surface area (Å²) in [6.07, 6.45) is 0. The van der Waals surface area contributed by atoms with Crippen molar-refractivity contribution in [3.63, 3.8) is 0 Å². The van der Waals surface area contributed by atoms with E-state index in [0.717, 1.165) is 5.56 Å². The van der Waals surface area contributed by atoms with Crippen molar-refractivity contribution in [1.29, 1.82) is 0 Å². The molecular weight excluding hydrogens is 252 g/mol. The van der Waals surface area contributed by atoms with Gasteiger partial charge in [-0.1, -0.05) is 17.7 Å². The summed E-state index contributed by atoms with van der Waals surface area (Å²) in [5.41, 5.74) is 1.36. The molecule has 0 aliphatic rings. The Morgan fingerprint density at radius 1 is 1.37 bits per heavy atom. The maximum Gasteiger partial charge on any atom is 0.392 e. The van der Waals surface area contributed by atoms with Crippen LogP contribution in [0, 0.1) is 17.0 Å². The molecule has 0 aromatic heterocycles. The van der Waals surface area contributed by atoms with Gasteiger partial charge >= 0.3 is 17.9 Å². The summed E-state index contributed by atoms with van der Waals surface area (Å²) in [6.45, 7) is 3.35. The van der Waals surface area contributed by atoms with Crippen LogP contribution in [0.3, 0.4) is 0 Å². The summed E-state index contributed by atoms with van der Waals surface area (Å²) in [4.78, 5) is 32.8. The van der Waals surface area contributed by atoms with Gasteiger partial charge in [0.25, 0.3) is 0 Å². The van der Waals surface area contributed by atoms with E-state index in [4.69, 9.17) is 0 Å². The van der Waals surface area contributed by atoms with E-state index < -0.39 is 22.8 Å². The number of hydrogen-bond acceptors (Lipinski definition) is 5. The summed E-state index contributed by atoms with van der Waals surface area (Å²) in [6, 6.07) is 4.61. The molecule has 0 spiro atoms. The summed E-state index contributed by atoms with van der Waals surface area (Å²) >= 11 is 0. The van der Waals surface area contributed by atoms with Crippen LogP contribution in [-0.4, -0.2) is 29.4 Å². The van der Waals surface area contributed by atoms with Crippen molar-refractivity contribution in [1.82, 2.24) is 0 Å². The van der Waals surface area contributed by atoms with E-state index in [1.165, 1.54) is 6.92 Å². The van der Waals surface area contributed by atoms with Crippen molar-refractivity contribution in [3.8, 4) is 0 Å². The third kappa shape index (κ3) is 4.06. The highest BCUT2D eigenvalue weighted by molar-refractivity contribution is 6.07. The molecular formula is C12H14N2O5. The van der Waals surface area contributed by atoms with Crippen LogP contribution in [-0.2, 0) is 14.3 Å². The molecule has 7 nitrogen and oxygen atoms in total. The second-order valence-electron chi connectivity index (χ2n) is 3.80. The molecule has 0 saturated carbocycles. The van der Waals surface area contributed by atoms with E-state index in [9.17, 15) is 19.7 Å². The van der Waals surface area contributed by atoms with E-state index in [1.54, 1.807) is 24.3 Å². The number of anilines is 1. The molecule has 0 radical (unpaired) electrons. The Morgan fingerprint density at radius 3 is 2.42 bits per heavy atom. The number of benzene rings is 1. The Bertz CT molecular complexity index is 483. The number of esters is 1. The zero-order valence-electron chi connectivity index (χ0n) is 10.6. The van der Waals surface area contributed by atoms with Crippen LogP contribution in [0.25, 0.3) is 0 Å². The van der Waals surface area contributed by atoms with Gasteiger partial charge in [0.1, 0.15) is 0 Å². The predicted molar refractivity (Wildman–Crippen MR) is 67.2 cm³/mol. The number of nitro groups is 1. The molecule has 7 heteroatoms. The number of nitrogens with one attached hydrogen (secondary N) is 1. The quantitative estimate of drug-likeness (QED) is 0.373. The van der Waals surface area contributed by atoms with E-state index >= 15 is 0 Å². The van der Waals surface area contributed by atoms with Crippen LogP contribution in [0.2, 0.25) is 0 Å². The Kier molecular flexibility index (Phi) is 4.99. The van der Waals surface area contributed by atoms with E-state index in [0.29, 0.717) is 5.69 Å². The monoisotopic (exact) mass is 266 g/mol. The van der Waals surface area contributed by atoms with Gasteiger partial charge in [-0.25, -0.2) is 4.79 Å². The lowest BCUT2D eigenvalue weighted by Crippen LogP contribution is -2.42. The minimum Gasteiger partial charge on any atom is -0.460 e. The highest BCUT2D eigenvalue weighted by Crippen LogP contribution is 2.10. The standard InChI is InChI=1S/C12H14N2O5/c1-3-19-12(16)10(14(17)18)11(15)13-9-6-4-8(2)5-7-9/h4-7,10H,3H2,1-2H3,(H,13,15). The molecule has 1 atom stereocenters. The summed E-state index contributed by atoms with van der Waals surface area (Å²) < 4.78 is 4.50. The highest BCUT2D eigenvalue weighted by Gasteiger charge is 2.39. The van der Waals surface area contributed by atoms with E-state index in [-0.39, 0.29) is 6.61 Å². The third-order valence-electron chi connectivity index (χ3n) is 2.29. The van der Waals surface area contributed by atoms with Crippen LogP contribution in [0.15, 0.2) is 24.3 Å². The fourth-order valence-electron chi connectivity index (χ4n) is 1.36. The SMILES string of the molecule is CCOC(=O)C(C(=O)Nc1ccc(C)cc1)[N+](=O)[O-]. The smallest absolute Gasteiger partial charge is 0.392 e. The van der Waals surface area contributed by atoms with Gasteiger partial charge in [0, 0.05) is 10.6 Å². The van der Waals surface area contributed by atoms with Gasteiger partial charge in [0.2, 0.25) is 0 Å². The number of amides is 1. The lowest BCUT2D eigenvalue weighted by molar-refractivity contribution is -0.496. The molecule has 0 aliphatic heterocycles. The first-order valence-corrected chi connectivity index (χ1v) is 5.63. The Balaban J connectivity index is 2.80. The molecule has 1 unspecified atom stereocenters. The largest absolute Gasteiger partial charge is 0.460 e. The Labute approximate surface area is 109 Å². The molecule has 1 rings (SSSR count). The molecule has 0 fully saturated rings. The van der Waals surface area contributed by atoms with Crippen LogP contribution in [0.4, 0.5) is 5.69 Å². The van der Waals surface area contributed by atoms with Crippen molar-refractivity contribution in [2.75, 3.05) is 11.9 Å². The number of carbonyl (C=O) groups excluding carboxylic acids is 2. The zero-order chi connectivity index (χ0) is 14.4. The van der Waals surface area contributed by atoms with Gasteiger partial charge in [-0.05, 0) is 26.0 Å². The normalized spacial score (nSPS) is 11.5. The van der Waals surface area contributed by atoms with Gasteiger partial charge in [-0.2, -0.15) is 0 Å². The van der Waals surface area contributed by atoms with Crippen molar-refractivity contribution in [2.45, 2.75) is 19.9 Å². The second kappa shape index (κ2) is 6.48. The number of aryl methyl sites for hydroxylation is 1. The lowest BCUT2D eigenvalue weighted by Gasteiger charge is -2.09. The van der Waals surface area contributed by atoms with Gasteiger partial charge < -0.3 is 10.1 Å². The molecule has 0 aliphatic carbocycles. The minimum atomic E-state index is -2.05. The lowest BCUT2D eigenvalue weighted by atomic mass is 10.2. The number of ether oxygens (including phenoxy) is 1. The summed E-state index contributed by atoms with van der Waals surface area (Å²) in [5.74, 6) is -2.19. The molecule has 1 aromatic rings. The zero-order valence-corrected chi connectivity index (χ0v) is 10.6. The first-order chi connectivity index (χ1) is 8.95. The molecule has 1 amide bonds. The van der Waals surface area contributed by atoms with Gasteiger partial charge in [-0.15, -0.1) is 0 Å². The molecule has 1 N–H and O–H groups in total. The number of nitrogens with zero attached hydrogens (tertiary/aromatic N) is 1. The van der Waals surface area contributed by atoms with Crippen molar-refractivity contribution in [3.05, 3.63) is 39.9 Å². The van der Waals surface area contributed by atoms with Crippen LogP contribution >= 0.6 is 0 Å². The molecule has 19 heavy (non-hydrogen) atoms. The summed E-state index contributed by atoms with van der Waals surface area (Å²) in [7, 11) is 0. The minimum absolute atomic E-state index is 0.0268. The first kappa shape index (κ1) is 14.6. The van der Waals surface area contributed by atoms with Gasteiger partial charge in [0.15, 0.2) is 0 Å². The fraction of sp³-hybridized carbons (Fsp3) is 0.333. The molecule has 1 aromatic carbocycles. The molecule has 0 saturated heterocycles. The van der Waals surface area contributed by atoms with Crippen molar-refractivity contribution in [2.24, 2.45) is 0 Å². The maximum atomic E-state index is 11.7. The van der Waals surface area contributed by atoms with Crippen LogP contribution in [0.5, 0.6) is 0 Å². The predicted octanol–water partition coefficient (Wildman–Crippen LogP) is 1.14. The second-order valence-corrected chi connectivity index (χ2v) is 3.80. The van der Waals surface area contributed by atoms with Crippen molar-refractivity contribution >= 4 is 17.6 Å². The number of carbonyl (C=O) groups is 2. The van der Waals surface area contributed by atoms with Gasteiger partial charge in [0.05, 0.1) is 6.61 Å². The van der Waals surface area contributed by atoms with Crippen LogP contribution < -0.4 is 5.32 Å². The molecule has 0 bridgehead atoms. The number of rotatable bonds is 5. The number of hydrogen-bond donors (Lipinski definition) is 1. The van der Waals surface area contributed by atoms with E-state index in [2.05, 4.69) is 10.1 Å². The van der Waals surface area contributed by atoms with Gasteiger partial charge in [-0.3, -0.25) is 14.9 Å². The molecule has 102 valence electrons. The first-order valence-electron chi connectivity index (χ1n) is 5.63. The average Bonchev–Trinajstić information content (AvgIpc) is 2.32. The Morgan fingerprint density at radius 2 is 1.95 bits per heavy atom. The maximum absolute atomic E-state index is 11.7. The fourth-order valence-corrected chi connectivity index (χ4v) is 1.36. The van der Waals surface area contributed by atoms with Crippen molar-refractivity contribution < 1.29 is 19.2 Å². The topological polar surface area (TPSA) is 98.5 Å². The van der Waals surface area contributed by atoms with E-state index in [1.807, 2.05) is 6.92 Å². The summed E-state index contributed by atoms with van der Waals surface area (Å²) in [5, 5.41) is 13.1. The van der Waals surface area contributed by atoms with Crippen LogP contribution in [0.1, 0.15) is 12.5 Å². The molecule has 0 heterocycles. The Hall–Kier alpha value is -2.44. The third-order valence-corrected chi connectivity index (χ3v) is 2.29.